The second kappa shape index (κ2) is 6.25. The molecule has 0 amide bonds. The van der Waals surface area contributed by atoms with E-state index in [0.717, 1.165) is 27.3 Å². The first-order valence-corrected chi connectivity index (χ1v) is 8.85. The quantitative estimate of drug-likeness (QED) is 0.447. The van der Waals surface area contributed by atoms with E-state index in [9.17, 15) is 9.90 Å². The van der Waals surface area contributed by atoms with Gasteiger partial charge in [-0.3, -0.25) is 4.40 Å². The Kier molecular flexibility index (Phi) is 3.93. The maximum Gasteiger partial charge on any atom is 0.336 e. The van der Waals surface area contributed by atoms with Crippen molar-refractivity contribution in [2.75, 3.05) is 0 Å². The van der Waals surface area contributed by atoms with Gasteiger partial charge in [0.1, 0.15) is 11.3 Å². The zero-order valence-electron chi connectivity index (χ0n) is 13.5. The molecule has 3 heterocycles. The van der Waals surface area contributed by atoms with Crippen molar-refractivity contribution in [3.63, 3.8) is 0 Å². The van der Waals surface area contributed by atoms with Gasteiger partial charge < -0.3 is 9.52 Å². The standard InChI is InChI=1S/C18H15N3O3S/c1-2-11-7-13-12(8-17(23)24-15(13)9-14(11)22)10-25-18-20-19-16-5-3-4-6-21(16)18/h3-9,22H,2,10H2,1H3. The lowest BCUT2D eigenvalue weighted by atomic mass is 10.1. The first kappa shape index (κ1) is 15.7. The fraction of sp³-hybridized carbons (Fsp3) is 0.167. The Morgan fingerprint density at radius 2 is 2.08 bits per heavy atom. The number of hydrogen-bond acceptors (Lipinski definition) is 6. The Morgan fingerprint density at radius 1 is 1.20 bits per heavy atom. The molecule has 25 heavy (non-hydrogen) atoms. The molecular weight excluding hydrogens is 338 g/mol. The molecule has 0 saturated carbocycles. The Morgan fingerprint density at radius 3 is 2.92 bits per heavy atom. The van der Waals surface area contributed by atoms with Crippen LogP contribution in [0.15, 0.2) is 57.0 Å². The van der Waals surface area contributed by atoms with Crippen molar-refractivity contribution in [3.05, 3.63) is 64.1 Å². The summed E-state index contributed by atoms with van der Waals surface area (Å²) >= 11 is 1.50. The van der Waals surface area contributed by atoms with Crippen molar-refractivity contribution in [2.45, 2.75) is 24.3 Å². The van der Waals surface area contributed by atoms with E-state index < -0.39 is 5.63 Å². The van der Waals surface area contributed by atoms with Gasteiger partial charge in [0, 0.05) is 29.5 Å². The number of phenols is 1. The third-order valence-corrected chi connectivity index (χ3v) is 5.04. The predicted molar refractivity (Wildman–Crippen MR) is 96.1 cm³/mol. The highest BCUT2D eigenvalue weighted by atomic mass is 32.2. The zero-order chi connectivity index (χ0) is 17.4. The molecule has 0 spiro atoms. The summed E-state index contributed by atoms with van der Waals surface area (Å²) in [5, 5.41) is 19.9. The molecule has 0 unspecified atom stereocenters. The number of fused-ring (bicyclic) bond motifs is 2. The third kappa shape index (κ3) is 2.87. The van der Waals surface area contributed by atoms with Gasteiger partial charge in [-0.25, -0.2) is 4.79 Å². The summed E-state index contributed by atoms with van der Waals surface area (Å²) in [7, 11) is 0. The Balaban J connectivity index is 1.74. The van der Waals surface area contributed by atoms with Gasteiger partial charge in [0.25, 0.3) is 0 Å². The van der Waals surface area contributed by atoms with Crippen LogP contribution in [0.4, 0.5) is 0 Å². The summed E-state index contributed by atoms with van der Waals surface area (Å²) in [6, 6.07) is 10.6. The number of rotatable bonds is 4. The lowest BCUT2D eigenvalue weighted by Gasteiger charge is -2.08. The number of phenolic OH excluding ortho intramolecular Hbond substituents is 1. The van der Waals surface area contributed by atoms with Crippen LogP contribution in [0.2, 0.25) is 0 Å². The second-order valence-electron chi connectivity index (χ2n) is 5.62. The van der Waals surface area contributed by atoms with Crippen molar-refractivity contribution >= 4 is 28.4 Å². The molecule has 0 radical (unpaired) electrons. The molecule has 3 aromatic heterocycles. The van der Waals surface area contributed by atoms with Crippen LogP contribution >= 0.6 is 11.8 Å². The van der Waals surface area contributed by atoms with Gasteiger partial charge in [-0.05, 0) is 35.7 Å². The van der Waals surface area contributed by atoms with E-state index >= 15 is 0 Å². The molecule has 1 N–H and O–H groups in total. The summed E-state index contributed by atoms with van der Waals surface area (Å²) in [5.41, 5.74) is 2.40. The molecule has 6 nitrogen and oxygen atoms in total. The number of thioether (sulfide) groups is 1. The van der Waals surface area contributed by atoms with Crippen molar-refractivity contribution < 1.29 is 9.52 Å². The average Bonchev–Trinajstić information content (AvgIpc) is 3.02. The van der Waals surface area contributed by atoms with Gasteiger partial charge in [-0.2, -0.15) is 0 Å². The second-order valence-corrected chi connectivity index (χ2v) is 6.56. The van der Waals surface area contributed by atoms with Gasteiger partial charge in [-0.15, -0.1) is 10.2 Å². The summed E-state index contributed by atoms with van der Waals surface area (Å²) in [5.74, 6) is 0.692. The van der Waals surface area contributed by atoms with Gasteiger partial charge in [-0.1, -0.05) is 24.8 Å². The van der Waals surface area contributed by atoms with E-state index in [1.54, 1.807) is 0 Å². The number of aromatic hydroxyl groups is 1. The fourth-order valence-corrected chi connectivity index (χ4v) is 3.69. The van der Waals surface area contributed by atoms with Gasteiger partial charge in [0.05, 0.1) is 0 Å². The first-order valence-electron chi connectivity index (χ1n) is 7.87. The smallest absolute Gasteiger partial charge is 0.336 e. The molecule has 4 aromatic rings. The number of benzene rings is 1. The first-order chi connectivity index (χ1) is 12.2. The largest absolute Gasteiger partial charge is 0.508 e. The van der Waals surface area contributed by atoms with E-state index in [1.807, 2.05) is 41.8 Å². The van der Waals surface area contributed by atoms with Crippen molar-refractivity contribution in [1.29, 1.82) is 0 Å². The summed E-state index contributed by atoms with van der Waals surface area (Å²) < 4.78 is 7.14. The zero-order valence-corrected chi connectivity index (χ0v) is 14.3. The normalized spacial score (nSPS) is 11.4. The molecule has 126 valence electrons. The predicted octanol–water partition coefficient (Wildman–Crippen LogP) is 3.40. The minimum absolute atomic E-state index is 0.145. The van der Waals surface area contributed by atoms with Crippen LogP contribution in [-0.4, -0.2) is 19.7 Å². The molecule has 0 aliphatic heterocycles. The van der Waals surface area contributed by atoms with Crippen molar-refractivity contribution in [2.24, 2.45) is 0 Å². The van der Waals surface area contributed by atoms with E-state index in [0.29, 0.717) is 17.8 Å². The summed E-state index contributed by atoms with van der Waals surface area (Å²) in [6.07, 6.45) is 2.60. The molecule has 0 aliphatic carbocycles. The van der Waals surface area contributed by atoms with E-state index in [2.05, 4.69) is 10.2 Å². The fourth-order valence-electron chi connectivity index (χ4n) is 2.77. The SMILES string of the molecule is CCc1cc2c(CSc3nnc4ccccn34)cc(=O)oc2cc1O. The molecule has 0 aliphatic rings. The topological polar surface area (TPSA) is 80.6 Å². The van der Waals surface area contributed by atoms with Crippen LogP contribution in [0.3, 0.4) is 0 Å². The van der Waals surface area contributed by atoms with Crippen LogP contribution < -0.4 is 5.63 Å². The highest BCUT2D eigenvalue weighted by Crippen LogP contribution is 2.30. The molecule has 0 saturated heterocycles. The van der Waals surface area contributed by atoms with Crippen LogP contribution in [0.5, 0.6) is 5.75 Å². The number of pyridine rings is 1. The summed E-state index contributed by atoms with van der Waals surface area (Å²) in [6.45, 7) is 1.97. The van der Waals surface area contributed by atoms with Crippen molar-refractivity contribution in [3.8, 4) is 5.75 Å². The maximum absolute atomic E-state index is 11.9. The Labute approximate surface area is 147 Å². The average molecular weight is 353 g/mol. The minimum atomic E-state index is -0.433. The van der Waals surface area contributed by atoms with E-state index in [4.69, 9.17) is 4.42 Å². The lowest BCUT2D eigenvalue weighted by Crippen LogP contribution is -2.01. The molecule has 0 bridgehead atoms. The maximum atomic E-state index is 11.9. The van der Waals surface area contributed by atoms with Crippen LogP contribution in [0.25, 0.3) is 16.6 Å². The molecular formula is C18H15N3O3S. The Bertz CT molecular complexity index is 1130. The molecule has 0 fully saturated rings. The summed E-state index contributed by atoms with van der Waals surface area (Å²) in [4.78, 5) is 11.9. The highest BCUT2D eigenvalue weighted by Gasteiger charge is 2.12. The molecule has 1 aromatic carbocycles. The minimum Gasteiger partial charge on any atom is -0.508 e. The van der Waals surface area contributed by atoms with Crippen molar-refractivity contribution in [1.82, 2.24) is 14.6 Å². The van der Waals surface area contributed by atoms with Gasteiger partial charge in [0.2, 0.25) is 0 Å². The Hall–Kier alpha value is -2.80. The molecule has 7 heteroatoms. The lowest BCUT2D eigenvalue weighted by molar-refractivity contribution is 0.466. The van der Waals surface area contributed by atoms with Crippen LogP contribution in [0.1, 0.15) is 18.1 Å². The van der Waals surface area contributed by atoms with E-state index in [1.165, 1.54) is 23.9 Å². The third-order valence-electron chi connectivity index (χ3n) is 4.05. The van der Waals surface area contributed by atoms with Crippen LogP contribution in [0, 0.1) is 0 Å². The van der Waals surface area contributed by atoms with Crippen LogP contribution in [-0.2, 0) is 12.2 Å². The number of aryl methyl sites for hydroxylation is 1. The molecule has 0 atom stereocenters. The number of aromatic nitrogens is 3. The monoisotopic (exact) mass is 353 g/mol. The highest BCUT2D eigenvalue weighted by molar-refractivity contribution is 7.98. The van der Waals surface area contributed by atoms with Gasteiger partial charge >= 0.3 is 5.63 Å². The van der Waals surface area contributed by atoms with E-state index in [-0.39, 0.29) is 5.75 Å². The number of nitrogens with zero attached hydrogens (tertiary/aromatic N) is 3. The number of hydrogen-bond donors (Lipinski definition) is 1. The molecule has 4 rings (SSSR count). The van der Waals surface area contributed by atoms with Gasteiger partial charge in [0.15, 0.2) is 10.8 Å².